The second kappa shape index (κ2) is 8.33. The van der Waals surface area contributed by atoms with E-state index in [-0.39, 0.29) is 11.6 Å². The fraction of sp³-hybridized carbons (Fsp3) is 0.300. The van der Waals surface area contributed by atoms with Gasteiger partial charge in [-0.25, -0.2) is 4.79 Å². The summed E-state index contributed by atoms with van der Waals surface area (Å²) in [4.78, 5) is 24.3. The van der Waals surface area contributed by atoms with Crippen LogP contribution in [0, 0.1) is 0 Å². The highest BCUT2D eigenvalue weighted by molar-refractivity contribution is 5.99. The van der Waals surface area contributed by atoms with E-state index in [9.17, 15) is 22.8 Å². The quantitative estimate of drug-likeness (QED) is 0.685. The largest absolute Gasteiger partial charge is 0.416 e. The van der Waals surface area contributed by atoms with Crippen molar-refractivity contribution in [2.24, 2.45) is 0 Å². The average Bonchev–Trinajstić information content (AvgIpc) is 2.61. The van der Waals surface area contributed by atoms with Gasteiger partial charge in [0, 0.05) is 17.9 Å². The van der Waals surface area contributed by atoms with E-state index in [4.69, 9.17) is 0 Å². The molecule has 3 amide bonds. The predicted octanol–water partition coefficient (Wildman–Crippen LogP) is 4.76. The summed E-state index contributed by atoms with van der Waals surface area (Å²) in [6, 6.07) is 10.8. The van der Waals surface area contributed by atoms with Crippen molar-refractivity contribution < 1.29 is 22.8 Å². The van der Waals surface area contributed by atoms with Crippen LogP contribution in [-0.2, 0) is 16.4 Å². The van der Waals surface area contributed by atoms with Gasteiger partial charge in [0.2, 0.25) is 5.91 Å². The molecule has 0 aromatic heterocycles. The molecule has 28 heavy (non-hydrogen) atoms. The number of urea groups is 1. The van der Waals surface area contributed by atoms with Crippen molar-refractivity contribution in [3.05, 3.63) is 59.7 Å². The fourth-order valence-corrected chi connectivity index (χ4v) is 2.51. The van der Waals surface area contributed by atoms with Crippen LogP contribution in [0.15, 0.2) is 48.5 Å². The number of nitrogens with one attached hydrogen (secondary N) is 3. The van der Waals surface area contributed by atoms with Gasteiger partial charge in [-0.3, -0.25) is 4.79 Å². The highest BCUT2D eigenvalue weighted by Crippen LogP contribution is 2.33. The molecule has 0 aliphatic carbocycles. The number of carbonyl (C=O) groups excluding carboxylic acids is 2. The number of hydrogen-bond donors (Lipinski definition) is 3. The van der Waals surface area contributed by atoms with Crippen molar-refractivity contribution in [2.75, 3.05) is 17.2 Å². The first-order chi connectivity index (χ1) is 13.0. The van der Waals surface area contributed by atoms with Crippen molar-refractivity contribution in [1.82, 2.24) is 5.32 Å². The third-order valence-electron chi connectivity index (χ3n) is 4.19. The molecule has 0 atom stereocenters. The highest BCUT2D eigenvalue weighted by atomic mass is 19.4. The zero-order valence-electron chi connectivity index (χ0n) is 15.8. The second-order valence-corrected chi connectivity index (χ2v) is 6.72. The van der Waals surface area contributed by atoms with E-state index < -0.39 is 23.1 Å². The summed E-state index contributed by atoms with van der Waals surface area (Å²) in [5, 5.41) is 7.91. The Kier molecular flexibility index (Phi) is 6.33. The lowest BCUT2D eigenvalue weighted by molar-refractivity contribution is -0.137. The summed E-state index contributed by atoms with van der Waals surface area (Å²) >= 11 is 0. The van der Waals surface area contributed by atoms with Gasteiger partial charge in [0.25, 0.3) is 0 Å². The first kappa shape index (κ1) is 21.3. The molecule has 2 aromatic carbocycles. The molecule has 150 valence electrons. The van der Waals surface area contributed by atoms with Crippen molar-refractivity contribution in [1.29, 1.82) is 0 Å². The number of alkyl halides is 3. The minimum Gasteiger partial charge on any atom is -0.338 e. The van der Waals surface area contributed by atoms with Crippen molar-refractivity contribution in [3.8, 4) is 0 Å². The lowest BCUT2D eigenvalue weighted by Gasteiger charge is -2.25. The van der Waals surface area contributed by atoms with Crippen LogP contribution in [0.3, 0.4) is 0 Å². The Morgan fingerprint density at radius 3 is 2.07 bits per heavy atom. The van der Waals surface area contributed by atoms with Crippen LogP contribution >= 0.6 is 0 Å². The molecule has 8 heteroatoms. The standard InChI is InChI=1S/C20H22F3N3O2/c1-4-24-18(28)26-16-10-6-9-15(12-16)25-17(27)19(2,3)13-7-5-8-14(11-13)20(21,22)23/h5-12H,4H2,1-3H3,(H,25,27)(H2,24,26,28). The van der Waals surface area contributed by atoms with Crippen LogP contribution in [-0.4, -0.2) is 18.5 Å². The molecule has 5 nitrogen and oxygen atoms in total. The molecule has 0 fully saturated rings. The molecule has 3 N–H and O–H groups in total. The first-order valence-electron chi connectivity index (χ1n) is 8.68. The number of amides is 3. The van der Waals surface area contributed by atoms with E-state index in [1.807, 2.05) is 0 Å². The van der Waals surface area contributed by atoms with E-state index in [2.05, 4.69) is 16.0 Å². The molecular formula is C20H22F3N3O2. The number of benzene rings is 2. The van der Waals surface area contributed by atoms with E-state index in [1.54, 1.807) is 45.0 Å². The first-order valence-corrected chi connectivity index (χ1v) is 8.68. The number of rotatable bonds is 5. The van der Waals surface area contributed by atoms with E-state index >= 15 is 0 Å². The third kappa shape index (κ3) is 5.25. The van der Waals surface area contributed by atoms with Crippen molar-refractivity contribution in [2.45, 2.75) is 32.4 Å². The smallest absolute Gasteiger partial charge is 0.338 e. The van der Waals surface area contributed by atoms with Crippen LogP contribution in [0.5, 0.6) is 0 Å². The van der Waals surface area contributed by atoms with Gasteiger partial charge in [-0.1, -0.05) is 24.3 Å². The number of halogens is 3. The average molecular weight is 393 g/mol. The summed E-state index contributed by atoms with van der Waals surface area (Å²) in [6.45, 7) is 5.35. The number of anilines is 2. The van der Waals surface area contributed by atoms with Crippen LogP contribution in [0.25, 0.3) is 0 Å². The molecule has 2 rings (SSSR count). The van der Waals surface area contributed by atoms with Crippen LogP contribution in [0.4, 0.5) is 29.3 Å². The highest BCUT2D eigenvalue weighted by Gasteiger charge is 2.35. The minimum absolute atomic E-state index is 0.247. The maximum absolute atomic E-state index is 13.0. The summed E-state index contributed by atoms with van der Waals surface area (Å²) < 4.78 is 38.9. The number of hydrogen-bond acceptors (Lipinski definition) is 2. The third-order valence-corrected chi connectivity index (χ3v) is 4.19. The van der Waals surface area contributed by atoms with Gasteiger partial charge in [-0.15, -0.1) is 0 Å². The SMILES string of the molecule is CCNC(=O)Nc1cccc(NC(=O)C(C)(C)c2cccc(C(F)(F)F)c2)c1. The number of carbonyl (C=O) groups is 2. The van der Waals surface area contributed by atoms with Gasteiger partial charge in [-0.2, -0.15) is 13.2 Å². The minimum atomic E-state index is -4.48. The monoisotopic (exact) mass is 393 g/mol. The lowest BCUT2D eigenvalue weighted by Crippen LogP contribution is -2.35. The molecular weight excluding hydrogens is 371 g/mol. The van der Waals surface area contributed by atoms with Crippen LogP contribution < -0.4 is 16.0 Å². The lowest BCUT2D eigenvalue weighted by atomic mass is 9.83. The van der Waals surface area contributed by atoms with E-state index in [0.717, 1.165) is 12.1 Å². The Balaban J connectivity index is 2.19. The molecule has 0 unspecified atom stereocenters. The Bertz CT molecular complexity index is 864. The van der Waals surface area contributed by atoms with Gasteiger partial charge in [-0.05, 0) is 50.6 Å². The van der Waals surface area contributed by atoms with Crippen molar-refractivity contribution in [3.63, 3.8) is 0 Å². The maximum atomic E-state index is 13.0. The molecule has 0 spiro atoms. The summed E-state index contributed by atoms with van der Waals surface area (Å²) in [6.07, 6.45) is -4.48. The van der Waals surface area contributed by atoms with Crippen molar-refractivity contribution >= 4 is 23.3 Å². The molecule has 0 aliphatic rings. The van der Waals surface area contributed by atoms with Gasteiger partial charge >= 0.3 is 12.2 Å². The van der Waals surface area contributed by atoms with Gasteiger partial charge in [0.05, 0.1) is 11.0 Å². The molecule has 0 bridgehead atoms. The summed E-state index contributed by atoms with van der Waals surface area (Å²) in [5.41, 5.74) is -0.875. The van der Waals surface area contributed by atoms with E-state index in [1.165, 1.54) is 12.1 Å². The van der Waals surface area contributed by atoms with Gasteiger partial charge in [0.1, 0.15) is 0 Å². The van der Waals surface area contributed by atoms with Crippen LogP contribution in [0.1, 0.15) is 31.9 Å². The second-order valence-electron chi connectivity index (χ2n) is 6.72. The maximum Gasteiger partial charge on any atom is 0.416 e. The zero-order chi connectivity index (χ0) is 20.9. The Morgan fingerprint density at radius 1 is 0.893 bits per heavy atom. The molecule has 0 heterocycles. The van der Waals surface area contributed by atoms with Gasteiger partial charge < -0.3 is 16.0 Å². The van der Waals surface area contributed by atoms with Crippen LogP contribution in [0.2, 0.25) is 0 Å². The Labute approximate surface area is 161 Å². The summed E-state index contributed by atoms with van der Waals surface area (Å²) in [5.74, 6) is -0.470. The van der Waals surface area contributed by atoms with E-state index in [0.29, 0.717) is 17.9 Å². The Morgan fingerprint density at radius 2 is 1.46 bits per heavy atom. The zero-order valence-corrected chi connectivity index (χ0v) is 15.8. The summed E-state index contributed by atoms with van der Waals surface area (Å²) in [7, 11) is 0. The molecule has 0 saturated heterocycles. The Hall–Kier alpha value is -3.03. The predicted molar refractivity (Wildman–Crippen MR) is 102 cm³/mol. The molecule has 0 saturated carbocycles. The molecule has 0 aliphatic heterocycles. The molecule has 0 radical (unpaired) electrons. The normalized spacial score (nSPS) is 11.6. The fourth-order valence-electron chi connectivity index (χ4n) is 2.51. The topological polar surface area (TPSA) is 70.2 Å². The molecule has 2 aromatic rings. The van der Waals surface area contributed by atoms with Gasteiger partial charge in [0.15, 0.2) is 0 Å².